The average Bonchev–Trinajstić information content (AvgIpc) is 3.25. The normalized spacial score (nSPS) is 11.5. The minimum atomic E-state index is -4.41. The number of carbonyl (C=O) groups excluding carboxylic acids is 1. The third-order valence-corrected chi connectivity index (χ3v) is 6.44. The lowest BCUT2D eigenvalue weighted by atomic mass is 10.3. The van der Waals surface area contributed by atoms with E-state index in [2.05, 4.69) is 25.1 Å². The summed E-state index contributed by atoms with van der Waals surface area (Å²) in [5, 5.41) is 7.35. The number of anilines is 2. The Labute approximate surface area is 183 Å². The zero-order chi connectivity index (χ0) is 23.0. The van der Waals surface area contributed by atoms with E-state index in [1.54, 1.807) is 0 Å². The van der Waals surface area contributed by atoms with Crippen LogP contribution in [0.4, 0.5) is 20.3 Å². The van der Waals surface area contributed by atoms with E-state index in [-0.39, 0.29) is 17.5 Å². The number of halogens is 2. The molecular formula is C18H14F2N6O4S2. The van der Waals surface area contributed by atoms with Crippen molar-refractivity contribution in [1.29, 1.82) is 0 Å². The van der Waals surface area contributed by atoms with Crippen molar-refractivity contribution in [2.75, 3.05) is 17.1 Å². The van der Waals surface area contributed by atoms with Crippen molar-refractivity contribution >= 4 is 43.7 Å². The van der Waals surface area contributed by atoms with Crippen molar-refractivity contribution in [2.24, 2.45) is 0 Å². The first kappa shape index (κ1) is 21.6. The lowest BCUT2D eigenvalue weighted by Crippen LogP contribution is -2.15. The molecule has 4 rings (SSSR count). The molecule has 2 N–H and O–H groups in total. The van der Waals surface area contributed by atoms with Crippen LogP contribution in [0, 0.1) is 11.6 Å². The predicted molar refractivity (Wildman–Crippen MR) is 112 cm³/mol. The summed E-state index contributed by atoms with van der Waals surface area (Å²) in [4.78, 5) is 19.2. The smallest absolute Gasteiger partial charge is 0.264 e. The van der Waals surface area contributed by atoms with Crippen LogP contribution in [-0.4, -0.2) is 41.0 Å². The highest BCUT2D eigenvalue weighted by Gasteiger charge is 2.23. The minimum Gasteiger partial charge on any atom is -0.480 e. The van der Waals surface area contributed by atoms with Crippen molar-refractivity contribution < 1.29 is 26.7 Å². The molecule has 0 saturated heterocycles. The number of amides is 1. The number of aromatic nitrogens is 4. The van der Waals surface area contributed by atoms with E-state index < -0.39 is 26.6 Å². The third kappa shape index (κ3) is 4.22. The molecule has 14 heteroatoms. The number of sulfonamides is 1. The molecular weight excluding hydrogens is 466 g/mol. The Hall–Kier alpha value is -3.65. The zero-order valence-electron chi connectivity index (χ0n) is 16.5. The van der Waals surface area contributed by atoms with Crippen LogP contribution in [-0.2, 0) is 14.8 Å². The van der Waals surface area contributed by atoms with Crippen molar-refractivity contribution in [3.63, 3.8) is 0 Å². The van der Waals surface area contributed by atoms with Crippen LogP contribution in [0.1, 0.15) is 6.92 Å². The third-order valence-electron chi connectivity index (χ3n) is 4.07. The van der Waals surface area contributed by atoms with Gasteiger partial charge in [0.1, 0.15) is 27.2 Å². The summed E-state index contributed by atoms with van der Waals surface area (Å²) < 4.78 is 61.2. The SMILES string of the molecule is COc1ncc(-c2nn3cc(NC(C)=O)nc3s2)cc1NS(=O)(=O)c1ccc(F)cc1F. The lowest BCUT2D eigenvalue weighted by Gasteiger charge is -2.12. The van der Waals surface area contributed by atoms with Gasteiger partial charge in [-0.3, -0.25) is 9.52 Å². The number of benzene rings is 1. The minimum absolute atomic E-state index is 0.0610. The Morgan fingerprint density at radius 2 is 2.03 bits per heavy atom. The molecule has 166 valence electrons. The number of rotatable bonds is 6. The number of nitrogens with zero attached hydrogens (tertiary/aromatic N) is 4. The largest absolute Gasteiger partial charge is 0.480 e. The van der Waals surface area contributed by atoms with Gasteiger partial charge in [0.05, 0.1) is 13.3 Å². The van der Waals surface area contributed by atoms with Crippen LogP contribution >= 0.6 is 11.3 Å². The van der Waals surface area contributed by atoms with E-state index in [0.29, 0.717) is 27.4 Å². The molecule has 10 nitrogen and oxygen atoms in total. The van der Waals surface area contributed by atoms with E-state index in [9.17, 15) is 22.0 Å². The van der Waals surface area contributed by atoms with Gasteiger partial charge in [-0.25, -0.2) is 26.7 Å². The molecule has 3 heterocycles. The van der Waals surface area contributed by atoms with Crippen LogP contribution in [0.2, 0.25) is 0 Å². The van der Waals surface area contributed by atoms with E-state index in [0.717, 1.165) is 12.1 Å². The van der Waals surface area contributed by atoms with Gasteiger partial charge < -0.3 is 10.1 Å². The molecule has 32 heavy (non-hydrogen) atoms. The Kier molecular flexibility index (Phi) is 5.48. The highest BCUT2D eigenvalue weighted by Crippen LogP contribution is 2.33. The Bertz CT molecular complexity index is 1420. The quantitative estimate of drug-likeness (QED) is 0.434. The summed E-state index contributed by atoms with van der Waals surface area (Å²) in [6.07, 6.45) is 2.94. The second-order valence-electron chi connectivity index (χ2n) is 6.40. The topological polar surface area (TPSA) is 128 Å². The first-order valence-corrected chi connectivity index (χ1v) is 11.1. The fourth-order valence-electron chi connectivity index (χ4n) is 2.76. The van der Waals surface area contributed by atoms with Gasteiger partial charge in [0, 0.05) is 24.8 Å². The number of hydrogen-bond acceptors (Lipinski definition) is 8. The molecule has 0 unspecified atom stereocenters. The maximum absolute atomic E-state index is 14.0. The molecule has 3 aromatic heterocycles. The van der Waals surface area contributed by atoms with Gasteiger partial charge in [-0.05, 0) is 18.2 Å². The zero-order valence-corrected chi connectivity index (χ0v) is 18.1. The van der Waals surface area contributed by atoms with E-state index in [1.807, 2.05) is 0 Å². The van der Waals surface area contributed by atoms with E-state index in [1.165, 1.54) is 48.3 Å². The van der Waals surface area contributed by atoms with Crippen molar-refractivity contribution in [3.8, 4) is 16.5 Å². The molecule has 0 spiro atoms. The number of nitrogens with one attached hydrogen (secondary N) is 2. The predicted octanol–water partition coefficient (Wildman–Crippen LogP) is 2.90. The number of pyridine rings is 1. The fourth-order valence-corrected chi connectivity index (χ4v) is 4.73. The van der Waals surface area contributed by atoms with E-state index >= 15 is 0 Å². The number of carbonyl (C=O) groups is 1. The number of hydrogen-bond donors (Lipinski definition) is 2. The molecule has 0 fully saturated rings. The standard InChI is InChI=1S/C18H14F2N6O4S2/c1-9(27)22-15-8-26-18(23-15)31-17(24-26)10-5-13(16(30-2)21-7-10)25-32(28,29)14-4-3-11(19)6-12(14)20/h3-8,25H,1-2H3,(H,22,27). The van der Waals surface area contributed by atoms with Crippen LogP contribution in [0.25, 0.3) is 15.5 Å². The van der Waals surface area contributed by atoms with Crippen molar-refractivity contribution in [1.82, 2.24) is 19.6 Å². The number of methoxy groups -OCH3 is 1. The van der Waals surface area contributed by atoms with Gasteiger partial charge in [-0.15, -0.1) is 0 Å². The molecule has 0 atom stereocenters. The molecule has 1 aromatic carbocycles. The number of ether oxygens (including phenoxy) is 1. The maximum Gasteiger partial charge on any atom is 0.264 e. The van der Waals surface area contributed by atoms with Gasteiger partial charge in [0.2, 0.25) is 16.7 Å². The average molecular weight is 480 g/mol. The summed E-state index contributed by atoms with van der Waals surface area (Å²) in [6.45, 7) is 1.36. The van der Waals surface area contributed by atoms with Gasteiger partial charge in [0.25, 0.3) is 10.0 Å². The summed E-state index contributed by atoms with van der Waals surface area (Å²) in [5.41, 5.74) is 0.361. The summed E-state index contributed by atoms with van der Waals surface area (Å²) in [7, 11) is -3.12. The molecule has 4 aromatic rings. The Morgan fingerprint density at radius 3 is 2.69 bits per heavy atom. The van der Waals surface area contributed by atoms with Crippen molar-refractivity contribution in [2.45, 2.75) is 11.8 Å². The highest BCUT2D eigenvalue weighted by atomic mass is 32.2. The molecule has 0 aliphatic rings. The Balaban J connectivity index is 1.69. The van der Waals surface area contributed by atoms with E-state index in [4.69, 9.17) is 4.74 Å². The molecule has 0 aliphatic heterocycles. The van der Waals surface area contributed by atoms with Gasteiger partial charge in [0.15, 0.2) is 5.82 Å². The Morgan fingerprint density at radius 1 is 1.25 bits per heavy atom. The molecule has 0 aliphatic carbocycles. The summed E-state index contributed by atoms with van der Waals surface area (Å²) in [5.74, 6) is -2.14. The van der Waals surface area contributed by atoms with Crippen molar-refractivity contribution in [3.05, 3.63) is 48.3 Å². The molecule has 0 radical (unpaired) electrons. The molecule has 0 saturated carbocycles. The highest BCUT2D eigenvalue weighted by molar-refractivity contribution is 7.92. The van der Waals surface area contributed by atoms with Crippen LogP contribution in [0.5, 0.6) is 5.88 Å². The van der Waals surface area contributed by atoms with Crippen LogP contribution < -0.4 is 14.8 Å². The summed E-state index contributed by atoms with van der Waals surface area (Å²) >= 11 is 1.17. The lowest BCUT2D eigenvalue weighted by molar-refractivity contribution is -0.114. The van der Waals surface area contributed by atoms with Gasteiger partial charge in [-0.2, -0.15) is 10.1 Å². The number of imidazole rings is 1. The summed E-state index contributed by atoms with van der Waals surface area (Å²) in [6, 6.07) is 3.54. The second kappa shape index (κ2) is 8.12. The fraction of sp³-hybridized carbons (Fsp3) is 0.111. The first-order chi connectivity index (χ1) is 15.2. The second-order valence-corrected chi connectivity index (χ2v) is 9.01. The monoisotopic (exact) mass is 480 g/mol. The molecule has 0 bridgehead atoms. The van der Waals surface area contributed by atoms with Crippen LogP contribution in [0.3, 0.4) is 0 Å². The van der Waals surface area contributed by atoms with Crippen LogP contribution in [0.15, 0.2) is 41.6 Å². The maximum atomic E-state index is 14.0. The molecule has 1 amide bonds. The number of fused-ring (bicyclic) bond motifs is 1. The van der Waals surface area contributed by atoms with Gasteiger partial charge in [-0.1, -0.05) is 11.3 Å². The first-order valence-electron chi connectivity index (χ1n) is 8.82. The van der Waals surface area contributed by atoms with Gasteiger partial charge >= 0.3 is 0 Å².